The van der Waals surface area contributed by atoms with E-state index in [1.54, 1.807) is 11.0 Å². The molecule has 0 aliphatic heterocycles. The number of aromatic nitrogens is 5. The number of hydrogen-bond donors (Lipinski definition) is 1. The Labute approximate surface area is 100 Å². The van der Waals surface area contributed by atoms with Crippen LogP contribution in [0.25, 0.3) is 0 Å². The molecule has 0 aromatic carbocycles. The molecule has 0 aliphatic rings. The molecule has 0 spiro atoms. The van der Waals surface area contributed by atoms with Gasteiger partial charge < -0.3 is 5.73 Å². The lowest BCUT2D eigenvalue weighted by Gasteiger charge is -2.10. The lowest BCUT2D eigenvalue weighted by Crippen LogP contribution is -2.17. The maximum atomic E-state index is 6.21. The van der Waals surface area contributed by atoms with Crippen molar-refractivity contribution in [1.29, 1.82) is 0 Å². The van der Waals surface area contributed by atoms with Gasteiger partial charge in [-0.15, -0.1) is 0 Å². The maximum Gasteiger partial charge on any atom is 0.138 e. The van der Waals surface area contributed by atoms with E-state index in [0.29, 0.717) is 6.42 Å². The Bertz CT molecular complexity index is 498. The molecule has 2 aromatic heterocycles. The van der Waals surface area contributed by atoms with Crippen LogP contribution in [0.3, 0.4) is 0 Å². The maximum absolute atomic E-state index is 6.21. The fourth-order valence-electron chi connectivity index (χ4n) is 1.95. The summed E-state index contributed by atoms with van der Waals surface area (Å²) in [4.78, 5) is 4.19. The first-order chi connectivity index (χ1) is 8.11. The summed E-state index contributed by atoms with van der Waals surface area (Å²) in [6.45, 7) is 2.08. The van der Waals surface area contributed by atoms with Crippen LogP contribution in [-0.2, 0) is 26.9 Å². The zero-order valence-corrected chi connectivity index (χ0v) is 10.5. The SMILES string of the molecule is CCc1nn(C)cc1C(N)Cc1ncnn1C. The standard InChI is InChI=1S/C11H18N6/c1-4-10-8(6-16(2)15-10)9(12)5-11-13-7-14-17(11)3/h6-7,9H,4-5,12H2,1-3H3. The molecule has 6 nitrogen and oxygen atoms in total. The number of nitrogens with two attached hydrogens (primary N) is 1. The van der Waals surface area contributed by atoms with Crippen molar-refractivity contribution in [2.24, 2.45) is 19.8 Å². The van der Waals surface area contributed by atoms with Crippen LogP contribution in [0.4, 0.5) is 0 Å². The van der Waals surface area contributed by atoms with Crippen LogP contribution >= 0.6 is 0 Å². The molecule has 92 valence electrons. The first kappa shape index (κ1) is 11.8. The molecule has 0 amide bonds. The van der Waals surface area contributed by atoms with E-state index < -0.39 is 0 Å². The van der Waals surface area contributed by atoms with Gasteiger partial charge in [-0.2, -0.15) is 10.2 Å². The molecule has 0 saturated heterocycles. The van der Waals surface area contributed by atoms with Crippen LogP contribution in [0.5, 0.6) is 0 Å². The quantitative estimate of drug-likeness (QED) is 0.828. The average molecular weight is 234 g/mol. The Morgan fingerprint density at radius 1 is 1.41 bits per heavy atom. The molecule has 0 radical (unpaired) electrons. The van der Waals surface area contributed by atoms with Crippen LogP contribution in [-0.4, -0.2) is 24.5 Å². The van der Waals surface area contributed by atoms with Crippen molar-refractivity contribution in [2.75, 3.05) is 0 Å². The van der Waals surface area contributed by atoms with Crippen molar-refractivity contribution in [3.63, 3.8) is 0 Å². The van der Waals surface area contributed by atoms with Crippen molar-refractivity contribution in [2.45, 2.75) is 25.8 Å². The highest BCUT2D eigenvalue weighted by atomic mass is 15.3. The predicted octanol–water partition coefficient (Wildman–Crippen LogP) is 0.353. The van der Waals surface area contributed by atoms with E-state index in [4.69, 9.17) is 5.73 Å². The minimum atomic E-state index is -0.0819. The first-order valence-corrected chi connectivity index (χ1v) is 5.72. The monoisotopic (exact) mass is 234 g/mol. The number of hydrogen-bond acceptors (Lipinski definition) is 4. The molecule has 2 heterocycles. The van der Waals surface area contributed by atoms with E-state index in [1.807, 2.05) is 25.0 Å². The smallest absolute Gasteiger partial charge is 0.138 e. The normalized spacial score (nSPS) is 12.9. The molecule has 2 aromatic rings. The minimum absolute atomic E-state index is 0.0819. The van der Waals surface area contributed by atoms with Gasteiger partial charge in [-0.3, -0.25) is 9.36 Å². The average Bonchev–Trinajstić information content (AvgIpc) is 2.85. The summed E-state index contributed by atoms with van der Waals surface area (Å²) in [5, 5.41) is 8.44. The second-order valence-electron chi connectivity index (χ2n) is 4.17. The minimum Gasteiger partial charge on any atom is -0.323 e. The zero-order chi connectivity index (χ0) is 12.4. The van der Waals surface area contributed by atoms with Gasteiger partial charge in [-0.25, -0.2) is 4.98 Å². The van der Waals surface area contributed by atoms with Crippen LogP contribution in [0, 0.1) is 0 Å². The molecule has 17 heavy (non-hydrogen) atoms. The zero-order valence-electron chi connectivity index (χ0n) is 10.5. The summed E-state index contributed by atoms with van der Waals surface area (Å²) in [6, 6.07) is -0.0819. The molecule has 0 fully saturated rings. The fraction of sp³-hybridized carbons (Fsp3) is 0.545. The van der Waals surface area contributed by atoms with E-state index in [0.717, 1.165) is 23.5 Å². The molecule has 2 rings (SSSR count). The van der Waals surface area contributed by atoms with E-state index >= 15 is 0 Å². The summed E-state index contributed by atoms with van der Waals surface area (Å²) >= 11 is 0. The van der Waals surface area contributed by atoms with Crippen molar-refractivity contribution in [3.05, 3.63) is 29.6 Å². The predicted molar refractivity (Wildman–Crippen MR) is 64.2 cm³/mol. The lowest BCUT2D eigenvalue weighted by atomic mass is 10.0. The van der Waals surface area contributed by atoms with Crippen molar-refractivity contribution < 1.29 is 0 Å². The third kappa shape index (κ3) is 2.36. The lowest BCUT2D eigenvalue weighted by molar-refractivity contribution is 0.626. The van der Waals surface area contributed by atoms with Gasteiger partial charge >= 0.3 is 0 Å². The van der Waals surface area contributed by atoms with Gasteiger partial charge in [-0.05, 0) is 6.42 Å². The Hall–Kier alpha value is -1.69. The fourth-order valence-corrected chi connectivity index (χ4v) is 1.95. The second kappa shape index (κ2) is 4.67. The number of aryl methyl sites for hydroxylation is 3. The molecule has 2 N–H and O–H groups in total. The molecular weight excluding hydrogens is 216 g/mol. The van der Waals surface area contributed by atoms with Crippen molar-refractivity contribution in [3.8, 4) is 0 Å². The molecule has 1 atom stereocenters. The topological polar surface area (TPSA) is 74.6 Å². The Kier molecular flexibility index (Phi) is 3.23. The molecule has 0 saturated carbocycles. The Balaban J connectivity index is 2.19. The molecule has 1 unspecified atom stereocenters. The van der Waals surface area contributed by atoms with Crippen LogP contribution < -0.4 is 5.73 Å². The summed E-state index contributed by atoms with van der Waals surface area (Å²) in [5.74, 6) is 0.892. The van der Waals surface area contributed by atoms with E-state index in [-0.39, 0.29) is 6.04 Å². The van der Waals surface area contributed by atoms with Crippen molar-refractivity contribution in [1.82, 2.24) is 24.5 Å². The molecule has 6 heteroatoms. The van der Waals surface area contributed by atoms with E-state index in [2.05, 4.69) is 22.1 Å². The van der Waals surface area contributed by atoms with Gasteiger partial charge in [0, 0.05) is 38.3 Å². The van der Waals surface area contributed by atoms with Gasteiger partial charge in [-0.1, -0.05) is 6.92 Å². The second-order valence-corrected chi connectivity index (χ2v) is 4.17. The summed E-state index contributed by atoms with van der Waals surface area (Å²) in [6.07, 6.45) is 5.10. The van der Waals surface area contributed by atoms with Gasteiger partial charge in [0.15, 0.2) is 0 Å². The molecule has 0 aliphatic carbocycles. The van der Waals surface area contributed by atoms with Gasteiger partial charge in [0.2, 0.25) is 0 Å². The summed E-state index contributed by atoms with van der Waals surface area (Å²) < 4.78 is 3.56. The van der Waals surface area contributed by atoms with Crippen LogP contribution in [0.15, 0.2) is 12.5 Å². The van der Waals surface area contributed by atoms with E-state index in [9.17, 15) is 0 Å². The highest BCUT2D eigenvalue weighted by Gasteiger charge is 2.16. The Morgan fingerprint density at radius 2 is 2.18 bits per heavy atom. The number of rotatable bonds is 4. The van der Waals surface area contributed by atoms with Crippen LogP contribution in [0.1, 0.15) is 30.0 Å². The molecular formula is C11H18N6. The highest BCUT2D eigenvalue weighted by Crippen LogP contribution is 2.18. The molecule has 0 bridgehead atoms. The van der Waals surface area contributed by atoms with Gasteiger partial charge in [0.05, 0.1) is 5.69 Å². The largest absolute Gasteiger partial charge is 0.323 e. The summed E-state index contributed by atoms with van der Waals surface area (Å²) in [7, 11) is 3.79. The summed E-state index contributed by atoms with van der Waals surface area (Å²) in [5.41, 5.74) is 8.36. The van der Waals surface area contributed by atoms with Gasteiger partial charge in [0.25, 0.3) is 0 Å². The van der Waals surface area contributed by atoms with Crippen molar-refractivity contribution >= 4 is 0 Å². The third-order valence-electron chi connectivity index (χ3n) is 2.88. The van der Waals surface area contributed by atoms with Crippen LogP contribution in [0.2, 0.25) is 0 Å². The third-order valence-corrected chi connectivity index (χ3v) is 2.88. The highest BCUT2D eigenvalue weighted by molar-refractivity contribution is 5.22. The van der Waals surface area contributed by atoms with Gasteiger partial charge in [0.1, 0.15) is 12.2 Å². The Morgan fingerprint density at radius 3 is 2.76 bits per heavy atom. The number of nitrogens with zero attached hydrogens (tertiary/aromatic N) is 5. The van der Waals surface area contributed by atoms with E-state index in [1.165, 1.54) is 0 Å². The first-order valence-electron chi connectivity index (χ1n) is 5.72.